The summed E-state index contributed by atoms with van der Waals surface area (Å²) in [5.74, 6) is 0.0403. The summed E-state index contributed by atoms with van der Waals surface area (Å²) in [4.78, 5) is 14.7. The summed E-state index contributed by atoms with van der Waals surface area (Å²) < 4.78 is 37.9. The van der Waals surface area contributed by atoms with Crippen LogP contribution in [0.25, 0.3) is 0 Å². The molecule has 0 bridgehead atoms. The molecule has 11 heteroatoms. The van der Waals surface area contributed by atoms with Crippen LogP contribution in [0.4, 0.5) is 24.7 Å². The van der Waals surface area contributed by atoms with Crippen molar-refractivity contribution in [1.29, 1.82) is 5.41 Å². The van der Waals surface area contributed by atoms with Crippen LogP contribution in [0.3, 0.4) is 0 Å². The Morgan fingerprint density at radius 1 is 1.23 bits per heavy atom. The van der Waals surface area contributed by atoms with Gasteiger partial charge in [-0.05, 0) is 37.1 Å². The molecule has 30 heavy (non-hydrogen) atoms. The summed E-state index contributed by atoms with van der Waals surface area (Å²) in [6.07, 6.45) is -0.783. The van der Waals surface area contributed by atoms with Gasteiger partial charge < -0.3 is 15.6 Å². The first-order valence-electron chi connectivity index (χ1n) is 9.22. The van der Waals surface area contributed by atoms with Crippen molar-refractivity contribution in [2.24, 2.45) is 5.10 Å². The van der Waals surface area contributed by atoms with Gasteiger partial charge in [0.15, 0.2) is 5.69 Å². The van der Waals surface area contributed by atoms with E-state index in [-0.39, 0.29) is 17.8 Å². The average molecular weight is 419 g/mol. The molecule has 0 aliphatic carbocycles. The van der Waals surface area contributed by atoms with E-state index in [0.717, 1.165) is 25.1 Å². The lowest BCUT2D eigenvalue weighted by Crippen LogP contribution is -2.45. The van der Waals surface area contributed by atoms with Crippen molar-refractivity contribution in [3.8, 4) is 0 Å². The van der Waals surface area contributed by atoms with Gasteiger partial charge in [0.1, 0.15) is 5.82 Å². The van der Waals surface area contributed by atoms with Crippen molar-refractivity contribution in [2.45, 2.75) is 25.1 Å². The van der Waals surface area contributed by atoms with E-state index in [2.05, 4.69) is 26.0 Å². The Morgan fingerprint density at radius 2 is 2.03 bits per heavy atom. The van der Waals surface area contributed by atoms with Gasteiger partial charge in [-0.1, -0.05) is 12.1 Å². The third-order valence-electron chi connectivity index (χ3n) is 4.51. The SMILES string of the molecule is N=C/C=N\Nc1ccccc1C(=O)N1CCC[C@@H](Nc2ccc(C(F)(F)F)nn2)C1. The molecule has 1 aliphatic rings. The number of hydrogen-bond acceptors (Lipinski definition) is 7. The summed E-state index contributed by atoms with van der Waals surface area (Å²) in [6, 6.07) is 8.85. The molecular formula is C19H20F3N7O. The van der Waals surface area contributed by atoms with Crippen molar-refractivity contribution in [3.63, 3.8) is 0 Å². The fourth-order valence-electron chi connectivity index (χ4n) is 3.13. The number of amides is 1. The first kappa shape index (κ1) is 21.2. The molecule has 0 spiro atoms. The van der Waals surface area contributed by atoms with Crippen molar-refractivity contribution in [3.05, 3.63) is 47.7 Å². The van der Waals surface area contributed by atoms with E-state index in [0.29, 0.717) is 24.3 Å². The maximum atomic E-state index is 13.0. The van der Waals surface area contributed by atoms with Gasteiger partial charge in [0.05, 0.1) is 17.5 Å². The van der Waals surface area contributed by atoms with Crippen LogP contribution < -0.4 is 10.7 Å². The van der Waals surface area contributed by atoms with Crippen LogP contribution in [0.2, 0.25) is 0 Å². The van der Waals surface area contributed by atoms with E-state index in [4.69, 9.17) is 5.41 Å². The third kappa shape index (κ3) is 5.31. The molecule has 1 aromatic heterocycles. The van der Waals surface area contributed by atoms with E-state index >= 15 is 0 Å². The molecule has 1 aliphatic heterocycles. The molecule has 2 aromatic rings. The van der Waals surface area contributed by atoms with Gasteiger partial charge in [-0.25, -0.2) is 0 Å². The fraction of sp³-hybridized carbons (Fsp3) is 0.316. The number of hydrogen-bond donors (Lipinski definition) is 3. The molecule has 0 saturated carbocycles. The summed E-state index contributed by atoms with van der Waals surface area (Å²) in [6.45, 7) is 0.938. The summed E-state index contributed by atoms with van der Waals surface area (Å²) in [5, 5.41) is 20.7. The van der Waals surface area contributed by atoms with Crippen molar-refractivity contribution in [2.75, 3.05) is 23.8 Å². The van der Waals surface area contributed by atoms with Gasteiger partial charge in [-0.15, -0.1) is 10.2 Å². The molecule has 1 amide bonds. The second-order valence-corrected chi connectivity index (χ2v) is 6.64. The maximum Gasteiger partial charge on any atom is 0.435 e. The second kappa shape index (κ2) is 9.33. The number of rotatable bonds is 6. The van der Waals surface area contributed by atoms with Crippen LogP contribution in [0, 0.1) is 5.41 Å². The largest absolute Gasteiger partial charge is 0.435 e. The number of halogens is 3. The van der Waals surface area contributed by atoms with Gasteiger partial charge >= 0.3 is 6.18 Å². The molecule has 3 rings (SSSR count). The zero-order valence-electron chi connectivity index (χ0n) is 15.9. The molecule has 8 nitrogen and oxygen atoms in total. The minimum absolute atomic E-state index is 0.162. The number of hydrazone groups is 1. The molecule has 0 radical (unpaired) electrons. The van der Waals surface area contributed by atoms with Gasteiger partial charge in [-0.2, -0.15) is 18.3 Å². The molecule has 0 unspecified atom stereocenters. The number of carbonyl (C=O) groups excluding carboxylic acids is 1. The number of likely N-dealkylation sites (tertiary alicyclic amines) is 1. The highest BCUT2D eigenvalue weighted by atomic mass is 19.4. The van der Waals surface area contributed by atoms with E-state index in [1.54, 1.807) is 29.2 Å². The Kier molecular flexibility index (Phi) is 6.60. The van der Waals surface area contributed by atoms with E-state index in [1.165, 1.54) is 12.3 Å². The minimum atomic E-state index is -4.54. The summed E-state index contributed by atoms with van der Waals surface area (Å²) in [7, 11) is 0. The highest BCUT2D eigenvalue weighted by molar-refractivity contribution is 6.14. The summed E-state index contributed by atoms with van der Waals surface area (Å²) >= 11 is 0. The molecule has 1 fully saturated rings. The minimum Gasteiger partial charge on any atom is -0.364 e. The predicted molar refractivity (Wildman–Crippen MR) is 107 cm³/mol. The number of aromatic nitrogens is 2. The molecule has 158 valence electrons. The van der Waals surface area contributed by atoms with E-state index in [1.807, 2.05) is 0 Å². The quantitative estimate of drug-likeness (QED) is 0.492. The standard InChI is InChI=1S/C19H20F3N7O/c20-19(21,22)16-7-8-17(28-27-16)25-13-4-3-11-29(12-13)18(30)14-5-1-2-6-15(14)26-24-10-9-23/h1-2,5-10,13,23,26H,3-4,11-12H2,(H,25,28)/b23-9?,24-10-/t13-/m1/s1. The zero-order chi connectivity index (χ0) is 21.6. The smallest absolute Gasteiger partial charge is 0.364 e. The zero-order valence-corrected chi connectivity index (χ0v) is 15.9. The molecule has 1 saturated heterocycles. The molecule has 3 N–H and O–H groups in total. The van der Waals surface area contributed by atoms with Gasteiger partial charge in [0, 0.05) is 25.3 Å². The predicted octanol–water partition coefficient (Wildman–Crippen LogP) is 3.26. The summed E-state index contributed by atoms with van der Waals surface area (Å²) in [5.41, 5.74) is 2.65. The Bertz CT molecular complexity index is 915. The first-order valence-corrected chi connectivity index (χ1v) is 9.22. The van der Waals surface area contributed by atoms with Crippen molar-refractivity contribution < 1.29 is 18.0 Å². The van der Waals surface area contributed by atoms with Crippen molar-refractivity contribution in [1.82, 2.24) is 15.1 Å². The second-order valence-electron chi connectivity index (χ2n) is 6.64. The fourth-order valence-corrected chi connectivity index (χ4v) is 3.13. The Hall–Kier alpha value is -3.50. The number of anilines is 2. The van der Waals surface area contributed by atoms with Crippen LogP contribution in [0.1, 0.15) is 28.9 Å². The Morgan fingerprint density at radius 3 is 2.73 bits per heavy atom. The first-order chi connectivity index (χ1) is 14.4. The van der Waals surface area contributed by atoms with Crippen LogP contribution in [0.15, 0.2) is 41.5 Å². The normalized spacial score (nSPS) is 17.0. The topological polar surface area (TPSA) is 106 Å². The maximum absolute atomic E-state index is 13.0. The number of carbonyl (C=O) groups is 1. The van der Waals surface area contributed by atoms with Crippen LogP contribution in [-0.4, -0.2) is 52.6 Å². The van der Waals surface area contributed by atoms with Crippen molar-refractivity contribution >= 4 is 29.8 Å². The van der Waals surface area contributed by atoms with Crippen LogP contribution in [0.5, 0.6) is 0 Å². The molecular weight excluding hydrogens is 399 g/mol. The van der Waals surface area contributed by atoms with Crippen LogP contribution in [-0.2, 0) is 6.18 Å². The monoisotopic (exact) mass is 419 g/mol. The lowest BCUT2D eigenvalue weighted by Gasteiger charge is -2.33. The molecule has 1 aromatic carbocycles. The number of alkyl halides is 3. The number of piperidine rings is 1. The van der Waals surface area contributed by atoms with E-state index in [9.17, 15) is 18.0 Å². The highest BCUT2D eigenvalue weighted by Gasteiger charge is 2.33. The lowest BCUT2D eigenvalue weighted by molar-refractivity contribution is -0.141. The number of para-hydroxylation sites is 1. The third-order valence-corrected chi connectivity index (χ3v) is 4.51. The van der Waals surface area contributed by atoms with Gasteiger partial charge in [-0.3, -0.25) is 10.2 Å². The lowest BCUT2D eigenvalue weighted by atomic mass is 10.0. The molecule has 2 heterocycles. The number of nitrogens with one attached hydrogen (secondary N) is 3. The Balaban J connectivity index is 1.67. The van der Waals surface area contributed by atoms with Gasteiger partial charge in [0.25, 0.3) is 5.91 Å². The molecule has 1 atom stereocenters. The number of nitrogens with zero attached hydrogens (tertiary/aromatic N) is 4. The van der Waals surface area contributed by atoms with E-state index < -0.39 is 11.9 Å². The average Bonchev–Trinajstić information content (AvgIpc) is 2.74. The highest BCUT2D eigenvalue weighted by Crippen LogP contribution is 2.27. The Labute approximate surface area is 170 Å². The van der Waals surface area contributed by atoms with Crippen LogP contribution >= 0.6 is 0 Å². The van der Waals surface area contributed by atoms with Gasteiger partial charge in [0.2, 0.25) is 0 Å². The number of benzene rings is 1.